The highest BCUT2D eigenvalue weighted by Crippen LogP contribution is 2.28. The minimum Gasteiger partial charge on any atom is -0.490 e. The van der Waals surface area contributed by atoms with Gasteiger partial charge in [-0.3, -0.25) is 9.48 Å². The topological polar surface area (TPSA) is 65.4 Å². The van der Waals surface area contributed by atoms with Gasteiger partial charge in [0.2, 0.25) is 0 Å². The van der Waals surface area contributed by atoms with E-state index in [2.05, 4.69) is 17.3 Å². The maximum atomic E-state index is 12.6. The molecule has 0 saturated heterocycles. The summed E-state index contributed by atoms with van der Waals surface area (Å²) in [7, 11) is 0. The molecule has 1 amide bonds. The van der Waals surface area contributed by atoms with Crippen molar-refractivity contribution in [1.29, 1.82) is 0 Å². The van der Waals surface area contributed by atoms with Crippen LogP contribution in [0.5, 0.6) is 11.5 Å². The molecule has 28 heavy (non-hydrogen) atoms. The lowest BCUT2D eigenvalue weighted by molar-refractivity contribution is 0.0953. The quantitative estimate of drug-likeness (QED) is 0.599. The van der Waals surface area contributed by atoms with Crippen LogP contribution in [0.1, 0.15) is 55.2 Å². The Balaban J connectivity index is 1.99. The van der Waals surface area contributed by atoms with Crippen molar-refractivity contribution in [3.63, 3.8) is 0 Å². The van der Waals surface area contributed by atoms with E-state index in [1.165, 1.54) is 0 Å². The molecule has 1 aromatic heterocycles. The van der Waals surface area contributed by atoms with E-state index in [1.807, 2.05) is 39.0 Å². The Labute approximate surface area is 172 Å². The van der Waals surface area contributed by atoms with Crippen molar-refractivity contribution in [1.82, 2.24) is 15.1 Å². The fraction of sp³-hybridized carbons (Fsp3) is 0.524. The monoisotopic (exact) mass is 407 g/mol. The van der Waals surface area contributed by atoms with Crippen LogP contribution in [0.15, 0.2) is 18.2 Å². The maximum absolute atomic E-state index is 12.6. The molecule has 0 aliphatic heterocycles. The van der Waals surface area contributed by atoms with E-state index in [0.29, 0.717) is 42.6 Å². The van der Waals surface area contributed by atoms with Crippen LogP contribution in [0.3, 0.4) is 0 Å². The molecule has 2 rings (SSSR count). The number of nitrogens with one attached hydrogen (secondary N) is 1. The van der Waals surface area contributed by atoms with Gasteiger partial charge in [0.1, 0.15) is 5.15 Å². The molecule has 0 spiro atoms. The van der Waals surface area contributed by atoms with Gasteiger partial charge in [0.15, 0.2) is 11.5 Å². The summed E-state index contributed by atoms with van der Waals surface area (Å²) in [6.45, 7) is 10.2. The number of aryl methyl sites for hydroxylation is 2. The minimum atomic E-state index is -0.193. The van der Waals surface area contributed by atoms with Crippen molar-refractivity contribution in [3.05, 3.63) is 40.2 Å². The van der Waals surface area contributed by atoms with Gasteiger partial charge in [0, 0.05) is 13.1 Å². The van der Waals surface area contributed by atoms with E-state index in [0.717, 1.165) is 36.4 Å². The molecule has 0 radical (unpaired) electrons. The number of hydrogen-bond acceptors (Lipinski definition) is 4. The predicted octanol–water partition coefficient (Wildman–Crippen LogP) is 4.41. The number of hydrogen-bond donors (Lipinski definition) is 1. The van der Waals surface area contributed by atoms with E-state index >= 15 is 0 Å². The second-order valence-corrected chi connectivity index (χ2v) is 6.84. The Kier molecular flexibility index (Phi) is 8.64. The zero-order chi connectivity index (χ0) is 20.5. The van der Waals surface area contributed by atoms with Crippen molar-refractivity contribution in [2.24, 2.45) is 0 Å². The molecule has 1 aromatic carbocycles. The van der Waals surface area contributed by atoms with Gasteiger partial charge in [-0.2, -0.15) is 5.10 Å². The van der Waals surface area contributed by atoms with Crippen LogP contribution in [-0.4, -0.2) is 35.4 Å². The molecular weight excluding hydrogens is 378 g/mol. The van der Waals surface area contributed by atoms with Crippen LogP contribution in [0, 0.1) is 6.92 Å². The van der Waals surface area contributed by atoms with Crippen LogP contribution in [0.25, 0.3) is 0 Å². The van der Waals surface area contributed by atoms with Gasteiger partial charge in [0.05, 0.1) is 24.5 Å². The van der Waals surface area contributed by atoms with Gasteiger partial charge in [-0.05, 0) is 51.3 Å². The first kappa shape index (κ1) is 22.1. The number of ether oxygens (including phenoxy) is 2. The standard InChI is InChI=1S/C21H30ClN3O3/c1-5-8-13-25-20(22)19(15(4)24-25)21(26)23-12-11-16-9-10-17(27-6-2)18(14-16)28-7-3/h9-10,14H,5-8,11-13H2,1-4H3,(H,23,26). The summed E-state index contributed by atoms with van der Waals surface area (Å²) in [6.07, 6.45) is 2.70. The van der Waals surface area contributed by atoms with Crippen molar-refractivity contribution >= 4 is 17.5 Å². The lowest BCUT2D eigenvalue weighted by atomic mass is 10.1. The number of aromatic nitrogens is 2. The molecule has 0 aliphatic carbocycles. The molecule has 7 heteroatoms. The summed E-state index contributed by atoms with van der Waals surface area (Å²) in [5.41, 5.74) is 2.17. The molecule has 2 aromatic rings. The number of unbranched alkanes of at least 4 members (excludes halogenated alkanes) is 1. The van der Waals surface area contributed by atoms with E-state index < -0.39 is 0 Å². The third kappa shape index (κ3) is 5.64. The number of amides is 1. The van der Waals surface area contributed by atoms with E-state index in [1.54, 1.807) is 4.68 Å². The maximum Gasteiger partial charge on any atom is 0.256 e. The Hall–Kier alpha value is -2.21. The first-order valence-corrected chi connectivity index (χ1v) is 10.3. The second-order valence-electron chi connectivity index (χ2n) is 6.48. The molecular formula is C21H30ClN3O3. The van der Waals surface area contributed by atoms with Crippen molar-refractivity contribution in [2.45, 2.75) is 53.5 Å². The zero-order valence-corrected chi connectivity index (χ0v) is 17.9. The fourth-order valence-electron chi connectivity index (χ4n) is 2.93. The van der Waals surface area contributed by atoms with Gasteiger partial charge in [-0.1, -0.05) is 31.0 Å². The van der Waals surface area contributed by atoms with Crippen molar-refractivity contribution in [2.75, 3.05) is 19.8 Å². The Bertz CT molecular complexity index is 789. The van der Waals surface area contributed by atoms with Crippen LogP contribution >= 0.6 is 11.6 Å². The van der Waals surface area contributed by atoms with Gasteiger partial charge >= 0.3 is 0 Å². The van der Waals surface area contributed by atoms with Gasteiger partial charge in [0.25, 0.3) is 5.91 Å². The SMILES string of the molecule is CCCCn1nc(C)c(C(=O)NCCc2ccc(OCC)c(OCC)c2)c1Cl. The minimum absolute atomic E-state index is 0.193. The van der Waals surface area contributed by atoms with Crippen molar-refractivity contribution < 1.29 is 14.3 Å². The average molecular weight is 408 g/mol. The van der Waals surface area contributed by atoms with Crippen LogP contribution in [0.2, 0.25) is 5.15 Å². The predicted molar refractivity (Wildman–Crippen MR) is 112 cm³/mol. The van der Waals surface area contributed by atoms with Crippen molar-refractivity contribution in [3.8, 4) is 11.5 Å². The Morgan fingerprint density at radius 2 is 1.89 bits per heavy atom. The summed E-state index contributed by atoms with van der Waals surface area (Å²) in [5.74, 6) is 1.27. The van der Waals surface area contributed by atoms with Gasteiger partial charge < -0.3 is 14.8 Å². The zero-order valence-electron chi connectivity index (χ0n) is 17.2. The van der Waals surface area contributed by atoms with Crippen LogP contribution < -0.4 is 14.8 Å². The summed E-state index contributed by atoms with van der Waals surface area (Å²) < 4.78 is 12.9. The van der Waals surface area contributed by atoms with Crippen LogP contribution in [-0.2, 0) is 13.0 Å². The van der Waals surface area contributed by atoms with E-state index in [9.17, 15) is 4.79 Å². The smallest absolute Gasteiger partial charge is 0.256 e. The third-order valence-corrected chi connectivity index (χ3v) is 4.71. The lowest BCUT2D eigenvalue weighted by Gasteiger charge is -2.12. The Morgan fingerprint density at radius 1 is 1.18 bits per heavy atom. The fourth-order valence-corrected chi connectivity index (χ4v) is 3.27. The molecule has 1 N–H and O–H groups in total. The number of carbonyl (C=O) groups is 1. The van der Waals surface area contributed by atoms with E-state index in [4.69, 9.17) is 21.1 Å². The summed E-state index contributed by atoms with van der Waals surface area (Å²) in [4.78, 5) is 12.6. The number of benzene rings is 1. The molecule has 0 fully saturated rings. The third-order valence-electron chi connectivity index (χ3n) is 4.32. The highest BCUT2D eigenvalue weighted by Gasteiger charge is 2.19. The molecule has 0 aliphatic rings. The largest absolute Gasteiger partial charge is 0.490 e. The number of rotatable bonds is 11. The Morgan fingerprint density at radius 3 is 2.57 bits per heavy atom. The number of halogens is 1. The molecule has 0 bridgehead atoms. The molecule has 1 heterocycles. The summed E-state index contributed by atoms with van der Waals surface area (Å²) >= 11 is 6.37. The average Bonchev–Trinajstić information content (AvgIpc) is 2.95. The first-order valence-electron chi connectivity index (χ1n) is 9.91. The highest BCUT2D eigenvalue weighted by molar-refractivity contribution is 6.33. The van der Waals surface area contributed by atoms with Gasteiger partial charge in [-0.15, -0.1) is 0 Å². The first-order chi connectivity index (χ1) is 13.5. The van der Waals surface area contributed by atoms with Crippen LogP contribution in [0.4, 0.5) is 0 Å². The lowest BCUT2D eigenvalue weighted by Crippen LogP contribution is -2.26. The molecule has 154 valence electrons. The second kappa shape index (κ2) is 11.0. The molecule has 0 saturated carbocycles. The van der Waals surface area contributed by atoms with E-state index in [-0.39, 0.29) is 5.91 Å². The molecule has 0 atom stereocenters. The normalized spacial score (nSPS) is 10.8. The number of carbonyl (C=O) groups excluding carboxylic acids is 1. The molecule has 0 unspecified atom stereocenters. The number of nitrogens with zero attached hydrogens (tertiary/aromatic N) is 2. The highest BCUT2D eigenvalue weighted by atomic mass is 35.5. The summed E-state index contributed by atoms with van der Waals surface area (Å²) in [5, 5.41) is 7.73. The molecule has 6 nitrogen and oxygen atoms in total. The summed E-state index contributed by atoms with van der Waals surface area (Å²) in [6, 6.07) is 5.85. The van der Waals surface area contributed by atoms with Gasteiger partial charge in [-0.25, -0.2) is 0 Å².